The highest BCUT2D eigenvalue weighted by molar-refractivity contribution is 5.87. The molecule has 0 radical (unpaired) electrons. The maximum absolute atomic E-state index is 11.2. The molecule has 36 heavy (non-hydrogen) atoms. The van der Waals surface area contributed by atoms with E-state index < -0.39 is 11.8 Å². The van der Waals surface area contributed by atoms with Gasteiger partial charge in [0.15, 0.2) is 0 Å². The van der Waals surface area contributed by atoms with E-state index in [1.165, 1.54) is 24.3 Å². The summed E-state index contributed by atoms with van der Waals surface area (Å²) in [5.74, 6) is -0.763. The SMILES string of the molecule is C=CC(=O)NCCCOCC(COCCCNC(=O)C=C)(COCCCNC(=O)C=C)NC(O)C=C. The molecule has 1 unspecified atom stereocenters. The molecule has 204 valence electrons. The van der Waals surface area contributed by atoms with Gasteiger partial charge in [-0.05, 0) is 43.6 Å². The van der Waals surface area contributed by atoms with Gasteiger partial charge >= 0.3 is 0 Å². The lowest BCUT2D eigenvalue weighted by Crippen LogP contribution is -2.59. The second-order valence-electron chi connectivity index (χ2n) is 7.81. The number of aliphatic hydroxyl groups excluding tert-OH is 1. The van der Waals surface area contributed by atoms with E-state index >= 15 is 0 Å². The summed E-state index contributed by atoms with van der Waals surface area (Å²) in [6.45, 7) is 16.6. The van der Waals surface area contributed by atoms with E-state index in [0.29, 0.717) is 58.7 Å². The van der Waals surface area contributed by atoms with Gasteiger partial charge < -0.3 is 35.3 Å². The first kappa shape index (κ1) is 33.2. The van der Waals surface area contributed by atoms with Crippen LogP contribution in [0, 0.1) is 0 Å². The summed E-state index contributed by atoms with van der Waals surface area (Å²) in [5, 5.41) is 21.3. The fraction of sp³-hybridized carbons (Fsp3) is 0.560. The number of carbonyl (C=O) groups excluding carboxylic acids is 3. The maximum Gasteiger partial charge on any atom is 0.243 e. The number of hydrogen-bond donors (Lipinski definition) is 5. The molecule has 0 saturated heterocycles. The molecule has 0 heterocycles. The predicted molar refractivity (Wildman–Crippen MR) is 138 cm³/mol. The van der Waals surface area contributed by atoms with E-state index in [1.807, 2.05) is 0 Å². The summed E-state index contributed by atoms with van der Waals surface area (Å²) in [4.78, 5) is 33.7. The third-order valence-electron chi connectivity index (χ3n) is 4.66. The molecule has 11 nitrogen and oxygen atoms in total. The highest BCUT2D eigenvalue weighted by Crippen LogP contribution is 2.11. The van der Waals surface area contributed by atoms with Crippen LogP contribution in [0.1, 0.15) is 19.3 Å². The Bertz CT molecular complexity index is 621. The fourth-order valence-corrected chi connectivity index (χ4v) is 2.80. The topological polar surface area (TPSA) is 147 Å². The lowest BCUT2D eigenvalue weighted by molar-refractivity contribution is -0.117. The lowest BCUT2D eigenvalue weighted by Gasteiger charge is -2.35. The molecule has 0 rings (SSSR count). The highest BCUT2D eigenvalue weighted by Gasteiger charge is 2.33. The van der Waals surface area contributed by atoms with Crippen molar-refractivity contribution in [3.05, 3.63) is 50.6 Å². The Kier molecular flexibility index (Phi) is 19.8. The number of rotatable bonds is 24. The molecule has 0 aliphatic carbocycles. The minimum absolute atomic E-state index is 0.147. The van der Waals surface area contributed by atoms with Gasteiger partial charge in [0.2, 0.25) is 17.7 Å². The molecule has 1 atom stereocenters. The van der Waals surface area contributed by atoms with Crippen LogP contribution >= 0.6 is 0 Å². The van der Waals surface area contributed by atoms with Crippen molar-refractivity contribution in [3.8, 4) is 0 Å². The Hall–Kier alpha value is -2.83. The van der Waals surface area contributed by atoms with E-state index in [4.69, 9.17) is 14.2 Å². The van der Waals surface area contributed by atoms with Crippen LogP contribution in [0.2, 0.25) is 0 Å². The first-order chi connectivity index (χ1) is 17.3. The highest BCUT2D eigenvalue weighted by atomic mass is 16.5. The van der Waals surface area contributed by atoms with Crippen LogP contribution in [0.15, 0.2) is 50.6 Å². The van der Waals surface area contributed by atoms with Crippen LogP contribution in [-0.2, 0) is 28.6 Å². The van der Waals surface area contributed by atoms with Crippen LogP contribution in [0.25, 0.3) is 0 Å². The molecule has 0 aromatic carbocycles. The Morgan fingerprint density at radius 1 is 0.694 bits per heavy atom. The average Bonchev–Trinajstić information content (AvgIpc) is 2.89. The first-order valence-corrected chi connectivity index (χ1v) is 11.8. The van der Waals surface area contributed by atoms with Crippen molar-refractivity contribution >= 4 is 17.7 Å². The quantitative estimate of drug-likeness (QED) is 0.0525. The molecule has 5 N–H and O–H groups in total. The first-order valence-electron chi connectivity index (χ1n) is 11.8. The van der Waals surface area contributed by atoms with Gasteiger partial charge in [0, 0.05) is 39.5 Å². The monoisotopic (exact) mass is 510 g/mol. The van der Waals surface area contributed by atoms with Crippen LogP contribution in [0.4, 0.5) is 0 Å². The van der Waals surface area contributed by atoms with Crippen LogP contribution in [0.5, 0.6) is 0 Å². The van der Waals surface area contributed by atoms with Crippen molar-refractivity contribution in [2.75, 3.05) is 59.3 Å². The van der Waals surface area contributed by atoms with Crippen LogP contribution in [0.3, 0.4) is 0 Å². The standard InChI is InChI=1S/C25H42N4O7/c1-5-21(30)26-12-9-15-34-18-25(29-24(33)8-4,19-35-16-10-13-27-22(31)6-2)20-36-17-11-14-28-23(32)7-3/h5-8,24,29,33H,1-4,9-20H2,(H,26,30)(H,27,31)(H,28,32). The molecule has 0 spiro atoms. The summed E-state index contributed by atoms with van der Waals surface area (Å²) in [7, 11) is 0. The Morgan fingerprint density at radius 2 is 1.03 bits per heavy atom. The molecular weight excluding hydrogens is 468 g/mol. The molecule has 0 aliphatic heterocycles. The zero-order chi connectivity index (χ0) is 27.1. The third-order valence-corrected chi connectivity index (χ3v) is 4.66. The van der Waals surface area contributed by atoms with Crippen LogP contribution in [-0.4, -0.2) is 93.9 Å². The number of hydrogen-bond acceptors (Lipinski definition) is 8. The number of aliphatic hydroxyl groups is 1. The van der Waals surface area contributed by atoms with Crippen molar-refractivity contribution in [2.45, 2.75) is 31.0 Å². The van der Waals surface area contributed by atoms with Gasteiger partial charge in [0.25, 0.3) is 0 Å². The minimum atomic E-state index is -1.04. The minimum Gasteiger partial charge on any atom is -0.379 e. The van der Waals surface area contributed by atoms with Crippen molar-refractivity contribution in [3.63, 3.8) is 0 Å². The van der Waals surface area contributed by atoms with Gasteiger partial charge in [-0.15, -0.1) is 0 Å². The molecule has 0 aromatic rings. The van der Waals surface area contributed by atoms with Gasteiger partial charge in [0.1, 0.15) is 6.23 Å². The van der Waals surface area contributed by atoms with Crippen LogP contribution < -0.4 is 21.3 Å². The van der Waals surface area contributed by atoms with E-state index in [0.717, 1.165) is 0 Å². The van der Waals surface area contributed by atoms with Crippen molar-refractivity contribution in [1.82, 2.24) is 21.3 Å². The summed E-state index contributed by atoms with van der Waals surface area (Å²) in [6.07, 6.45) is 5.64. The molecule has 0 bridgehead atoms. The molecule has 3 amide bonds. The zero-order valence-corrected chi connectivity index (χ0v) is 21.1. The maximum atomic E-state index is 11.2. The van der Waals surface area contributed by atoms with Crippen molar-refractivity contribution in [2.24, 2.45) is 0 Å². The van der Waals surface area contributed by atoms with Gasteiger partial charge in [-0.25, -0.2) is 0 Å². The van der Waals surface area contributed by atoms with Gasteiger partial charge in [0.05, 0.1) is 25.4 Å². The van der Waals surface area contributed by atoms with Gasteiger partial charge in [-0.1, -0.05) is 26.3 Å². The second-order valence-corrected chi connectivity index (χ2v) is 7.81. The molecule has 0 aromatic heterocycles. The van der Waals surface area contributed by atoms with Crippen molar-refractivity contribution in [1.29, 1.82) is 0 Å². The normalized spacial score (nSPS) is 11.7. The molecule has 11 heteroatoms. The third kappa shape index (κ3) is 17.6. The van der Waals surface area contributed by atoms with E-state index in [9.17, 15) is 19.5 Å². The Morgan fingerprint density at radius 3 is 1.31 bits per heavy atom. The Labute approximate surface area is 214 Å². The smallest absolute Gasteiger partial charge is 0.243 e. The summed E-state index contributed by atoms with van der Waals surface area (Å²) >= 11 is 0. The second kappa shape index (κ2) is 21.5. The molecule has 0 fully saturated rings. The lowest BCUT2D eigenvalue weighted by atomic mass is 10.0. The number of nitrogens with one attached hydrogen (secondary N) is 4. The van der Waals surface area contributed by atoms with Crippen molar-refractivity contribution < 1.29 is 33.7 Å². The molecule has 0 saturated carbocycles. The largest absolute Gasteiger partial charge is 0.379 e. The van der Waals surface area contributed by atoms with E-state index in [-0.39, 0.29) is 37.5 Å². The number of amides is 3. The number of carbonyl (C=O) groups is 3. The summed E-state index contributed by atoms with van der Waals surface area (Å²) in [5.41, 5.74) is -0.910. The summed E-state index contributed by atoms with van der Waals surface area (Å²) in [6, 6.07) is 0. The fourth-order valence-electron chi connectivity index (χ4n) is 2.80. The predicted octanol–water partition coefficient (Wildman–Crippen LogP) is -0.0541. The zero-order valence-electron chi connectivity index (χ0n) is 21.1. The number of ether oxygens (including phenoxy) is 3. The van der Waals surface area contributed by atoms with E-state index in [1.54, 1.807) is 0 Å². The van der Waals surface area contributed by atoms with Gasteiger partial charge in [-0.3, -0.25) is 19.7 Å². The summed E-state index contributed by atoms with van der Waals surface area (Å²) < 4.78 is 17.5. The van der Waals surface area contributed by atoms with E-state index in [2.05, 4.69) is 47.6 Å². The van der Waals surface area contributed by atoms with Gasteiger partial charge in [-0.2, -0.15) is 0 Å². The Balaban J connectivity index is 4.91. The molecular formula is C25H42N4O7. The average molecular weight is 511 g/mol. The molecule has 0 aliphatic rings.